The molecule has 1 N–H and O–H groups in total. The summed E-state index contributed by atoms with van der Waals surface area (Å²) < 4.78 is 26.8. The zero-order valence-corrected chi connectivity index (χ0v) is 13.2. The van der Waals surface area contributed by atoms with Crippen LogP contribution in [0, 0.1) is 18.8 Å². The van der Waals surface area contributed by atoms with E-state index in [1.807, 2.05) is 27.7 Å². The van der Waals surface area contributed by atoms with Gasteiger partial charge in [-0.05, 0) is 38.5 Å². The van der Waals surface area contributed by atoms with Crippen LogP contribution in [0.1, 0.15) is 31.9 Å². The first-order valence-corrected chi connectivity index (χ1v) is 8.00. The molecule has 1 aromatic carbocycles. The van der Waals surface area contributed by atoms with E-state index in [-0.39, 0.29) is 17.5 Å². The molecule has 0 aliphatic heterocycles. The molecule has 0 aromatic heterocycles. The van der Waals surface area contributed by atoms with Gasteiger partial charge in [-0.15, -0.1) is 0 Å². The Labute approximate surface area is 121 Å². The summed E-state index contributed by atoms with van der Waals surface area (Å²) in [5, 5.41) is 8.80. The Morgan fingerprint density at radius 3 is 2.50 bits per heavy atom. The second-order valence-electron chi connectivity index (χ2n) is 4.76. The van der Waals surface area contributed by atoms with Crippen molar-refractivity contribution in [1.29, 1.82) is 0 Å². The first-order valence-electron chi connectivity index (χ1n) is 6.56. The molecule has 20 heavy (non-hydrogen) atoms. The number of hydrogen-bond donors (Lipinski definition) is 1. The zero-order chi connectivity index (χ0) is 15.3. The number of nitrogens with zero attached hydrogens (tertiary/aromatic N) is 1. The number of hydrogen-bond acceptors (Lipinski definition) is 3. The zero-order valence-electron chi connectivity index (χ0n) is 12.3. The first kappa shape index (κ1) is 16.7. The monoisotopic (exact) mass is 295 g/mol. The van der Waals surface area contributed by atoms with E-state index >= 15 is 0 Å². The van der Waals surface area contributed by atoms with Crippen LogP contribution in [-0.2, 0) is 10.0 Å². The predicted molar refractivity (Wildman–Crippen MR) is 79.8 cm³/mol. The van der Waals surface area contributed by atoms with Gasteiger partial charge in [-0.1, -0.05) is 24.8 Å². The van der Waals surface area contributed by atoms with Gasteiger partial charge in [0.1, 0.15) is 6.61 Å². The fraction of sp³-hybridized carbons (Fsp3) is 0.467. The first-order chi connectivity index (χ1) is 9.34. The normalized spacial score (nSPS) is 11.6. The van der Waals surface area contributed by atoms with E-state index in [1.165, 1.54) is 4.31 Å². The minimum absolute atomic E-state index is 0.120. The lowest BCUT2D eigenvalue weighted by Gasteiger charge is -2.25. The van der Waals surface area contributed by atoms with Gasteiger partial charge in [0.15, 0.2) is 0 Å². The maximum absolute atomic E-state index is 12.7. The summed E-state index contributed by atoms with van der Waals surface area (Å²) in [7, 11) is -3.58. The highest BCUT2D eigenvalue weighted by Gasteiger charge is 2.27. The Morgan fingerprint density at radius 1 is 1.35 bits per heavy atom. The van der Waals surface area contributed by atoms with E-state index in [0.717, 1.165) is 5.56 Å². The van der Waals surface area contributed by atoms with E-state index in [2.05, 4.69) is 11.8 Å². The van der Waals surface area contributed by atoms with Crippen molar-refractivity contribution >= 4 is 10.0 Å². The Bertz CT molecular complexity index is 624. The molecule has 0 bridgehead atoms. The van der Waals surface area contributed by atoms with Gasteiger partial charge in [0, 0.05) is 18.2 Å². The number of aryl methyl sites for hydroxylation is 1. The molecule has 5 heteroatoms. The van der Waals surface area contributed by atoms with Crippen LogP contribution in [0.4, 0.5) is 0 Å². The standard InChI is InChI=1S/C15H21NO3S/c1-5-16(12(2)3)20(18,19)15-9-8-13(4)11-14(15)7-6-10-17/h8-9,11-12,17H,5,10H2,1-4H3. The van der Waals surface area contributed by atoms with Gasteiger partial charge in [-0.2, -0.15) is 4.31 Å². The van der Waals surface area contributed by atoms with Gasteiger partial charge in [-0.3, -0.25) is 0 Å². The number of rotatable bonds is 4. The number of benzene rings is 1. The lowest BCUT2D eigenvalue weighted by molar-refractivity contribution is 0.350. The Hall–Kier alpha value is -1.35. The summed E-state index contributed by atoms with van der Waals surface area (Å²) in [6.07, 6.45) is 0. The Kier molecular flexibility index (Phi) is 5.75. The van der Waals surface area contributed by atoms with Crippen LogP contribution in [0.15, 0.2) is 23.1 Å². The topological polar surface area (TPSA) is 57.6 Å². The number of sulfonamides is 1. The molecule has 0 atom stereocenters. The van der Waals surface area contributed by atoms with Crippen LogP contribution >= 0.6 is 0 Å². The molecule has 110 valence electrons. The SMILES string of the molecule is CCN(C(C)C)S(=O)(=O)c1ccc(C)cc1C#CCO. The van der Waals surface area contributed by atoms with E-state index in [4.69, 9.17) is 5.11 Å². The van der Waals surface area contributed by atoms with Gasteiger partial charge < -0.3 is 5.11 Å². The Balaban J connectivity index is 3.45. The molecule has 1 aromatic rings. The van der Waals surface area contributed by atoms with Gasteiger partial charge in [-0.25, -0.2) is 8.42 Å². The van der Waals surface area contributed by atoms with E-state index in [1.54, 1.807) is 18.2 Å². The molecule has 0 aliphatic rings. The molecule has 0 heterocycles. The van der Waals surface area contributed by atoms with Crippen LogP contribution < -0.4 is 0 Å². The second-order valence-corrected chi connectivity index (χ2v) is 6.62. The maximum atomic E-state index is 12.7. The van der Waals surface area contributed by atoms with Crippen molar-refractivity contribution in [3.05, 3.63) is 29.3 Å². The Morgan fingerprint density at radius 2 is 2.00 bits per heavy atom. The molecular weight excluding hydrogens is 274 g/mol. The molecule has 1 rings (SSSR count). The van der Waals surface area contributed by atoms with Crippen molar-refractivity contribution in [2.75, 3.05) is 13.2 Å². The van der Waals surface area contributed by atoms with Crippen LogP contribution in [-0.4, -0.2) is 37.0 Å². The third-order valence-electron chi connectivity index (χ3n) is 2.91. The third-order valence-corrected chi connectivity index (χ3v) is 5.12. The average molecular weight is 295 g/mol. The summed E-state index contributed by atoms with van der Waals surface area (Å²) in [6.45, 7) is 7.48. The molecule has 0 aliphatic carbocycles. The van der Waals surface area contributed by atoms with Crippen molar-refractivity contribution in [2.24, 2.45) is 0 Å². The van der Waals surface area contributed by atoms with Crippen LogP contribution in [0.2, 0.25) is 0 Å². The fourth-order valence-corrected chi connectivity index (χ4v) is 3.82. The van der Waals surface area contributed by atoms with Gasteiger partial charge >= 0.3 is 0 Å². The quantitative estimate of drug-likeness (QED) is 0.861. The minimum Gasteiger partial charge on any atom is -0.384 e. The number of aliphatic hydroxyl groups is 1. The molecule has 0 spiro atoms. The third kappa shape index (κ3) is 3.60. The van der Waals surface area contributed by atoms with Crippen molar-refractivity contribution in [3.8, 4) is 11.8 Å². The largest absolute Gasteiger partial charge is 0.384 e. The summed E-state index contributed by atoms with van der Waals surface area (Å²) in [5.41, 5.74) is 1.36. The van der Waals surface area contributed by atoms with Gasteiger partial charge in [0.25, 0.3) is 0 Å². The van der Waals surface area contributed by atoms with Crippen molar-refractivity contribution in [1.82, 2.24) is 4.31 Å². The molecule has 0 unspecified atom stereocenters. The highest BCUT2D eigenvalue weighted by molar-refractivity contribution is 7.89. The molecule has 0 radical (unpaired) electrons. The van der Waals surface area contributed by atoms with Gasteiger partial charge in [0.2, 0.25) is 10.0 Å². The smallest absolute Gasteiger partial charge is 0.244 e. The van der Waals surface area contributed by atoms with Crippen molar-refractivity contribution < 1.29 is 13.5 Å². The molecule has 0 saturated carbocycles. The fourth-order valence-electron chi connectivity index (χ4n) is 2.04. The molecular formula is C15H21NO3S. The van der Waals surface area contributed by atoms with E-state index in [0.29, 0.717) is 12.1 Å². The number of aliphatic hydroxyl groups excluding tert-OH is 1. The lowest BCUT2D eigenvalue weighted by atomic mass is 10.1. The van der Waals surface area contributed by atoms with Crippen LogP contribution in [0.25, 0.3) is 0 Å². The van der Waals surface area contributed by atoms with E-state index < -0.39 is 10.0 Å². The summed E-state index contributed by atoms with van der Waals surface area (Å²) in [5.74, 6) is 5.23. The van der Waals surface area contributed by atoms with E-state index in [9.17, 15) is 8.42 Å². The molecule has 0 fully saturated rings. The van der Waals surface area contributed by atoms with Crippen molar-refractivity contribution in [2.45, 2.75) is 38.6 Å². The summed E-state index contributed by atoms with van der Waals surface area (Å²) >= 11 is 0. The van der Waals surface area contributed by atoms with Crippen LogP contribution in [0.5, 0.6) is 0 Å². The maximum Gasteiger partial charge on any atom is 0.244 e. The average Bonchev–Trinajstić information content (AvgIpc) is 2.35. The summed E-state index contributed by atoms with van der Waals surface area (Å²) in [4.78, 5) is 0.194. The van der Waals surface area contributed by atoms with Gasteiger partial charge in [0.05, 0.1) is 4.90 Å². The summed E-state index contributed by atoms with van der Waals surface area (Å²) in [6, 6.07) is 4.94. The molecule has 0 amide bonds. The molecule has 4 nitrogen and oxygen atoms in total. The molecule has 0 saturated heterocycles. The predicted octanol–water partition coefficient (Wildman–Crippen LogP) is 1.76. The second kappa shape index (κ2) is 6.89. The highest BCUT2D eigenvalue weighted by Crippen LogP contribution is 2.22. The highest BCUT2D eigenvalue weighted by atomic mass is 32.2. The van der Waals surface area contributed by atoms with Crippen molar-refractivity contribution in [3.63, 3.8) is 0 Å². The van der Waals surface area contributed by atoms with Crippen LogP contribution in [0.3, 0.4) is 0 Å². The minimum atomic E-state index is -3.58. The lowest BCUT2D eigenvalue weighted by Crippen LogP contribution is -2.37.